The molecule has 0 aliphatic carbocycles. The standard InChI is InChI=1S/C17H13BrF2N2O2/c18-11-1-3-12(4-2-11)21-17(24)10-7-16(23)22(9-10)13-5-6-14(19)15(20)8-13/h1-6,8,10H,7,9H2,(H,21,24). The van der Waals surface area contributed by atoms with Gasteiger partial charge in [-0.25, -0.2) is 8.78 Å². The zero-order valence-electron chi connectivity index (χ0n) is 12.4. The van der Waals surface area contributed by atoms with Crippen molar-refractivity contribution >= 4 is 39.1 Å². The summed E-state index contributed by atoms with van der Waals surface area (Å²) in [5.74, 6) is -3.13. The number of carbonyl (C=O) groups is 2. The highest BCUT2D eigenvalue weighted by Gasteiger charge is 2.35. The summed E-state index contributed by atoms with van der Waals surface area (Å²) < 4.78 is 27.2. The van der Waals surface area contributed by atoms with E-state index in [0.717, 1.165) is 16.6 Å². The second kappa shape index (κ2) is 6.68. The van der Waals surface area contributed by atoms with Crippen LogP contribution in [0.2, 0.25) is 0 Å². The number of rotatable bonds is 3. The summed E-state index contributed by atoms with van der Waals surface area (Å²) in [6.45, 7) is 0.131. The minimum absolute atomic E-state index is 0.0291. The molecule has 1 N–H and O–H groups in total. The Morgan fingerprint density at radius 3 is 2.50 bits per heavy atom. The van der Waals surface area contributed by atoms with Crippen molar-refractivity contribution in [2.24, 2.45) is 5.92 Å². The number of nitrogens with zero attached hydrogens (tertiary/aromatic N) is 1. The number of amides is 2. The molecule has 0 bridgehead atoms. The summed E-state index contributed by atoms with van der Waals surface area (Å²) in [6, 6.07) is 10.3. The average molecular weight is 395 g/mol. The molecule has 1 aliphatic rings. The van der Waals surface area contributed by atoms with E-state index in [1.165, 1.54) is 11.0 Å². The van der Waals surface area contributed by atoms with Gasteiger partial charge < -0.3 is 10.2 Å². The van der Waals surface area contributed by atoms with Crippen molar-refractivity contribution in [3.63, 3.8) is 0 Å². The number of hydrogen-bond acceptors (Lipinski definition) is 2. The van der Waals surface area contributed by atoms with Crippen LogP contribution in [0.25, 0.3) is 0 Å². The van der Waals surface area contributed by atoms with Crippen LogP contribution in [0.5, 0.6) is 0 Å². The maximum Gasteiger partial charge on any atom is 0.229 e. The van der Waals surface area contributed by atoms with Crippen molar-refractivity contribution in [2.75, 3.05) is 16.8 Å². The predicted molar refractivity (Wildman–Crippen MR) is 89.6 cm³/mol. The molecule has 3 rings (SSSR count). The maximum absolute atomic E-state index is 13.3. The number of carbonyl (C=O) groups excluding carboxylic acids is 2. The molecule has 2 aromatic carbocycles. The van der Waals surface area contributed by atoms with E-state index >= 15 is 0 Å². The highest BCUT2D eigenvalue weighted by Crippen LogP contribution is 2.27. The molecule has 7 heteroatoms. The molecule has 1 heterocycles. The van der Waals surface area contributed by atoms with Crippen molar-refractivity contribution in [3.8, 4) is 0 Å². The van der Waals surface area contributed by atoms with Gasteiger partial charge >= 0.3 is 0 Å². The van der Waals surface area contributed by atoms with Gasteiger partial charge in [0.15, 0.2) is 11.6 Å². The summed E-state index contributed by atoms with van der Waals surface area (Å²) in [5.41, 5.74) is 0.875. The first-order valence-electron chi connectivity index (χ1n) is 7.26. The highest BCUT2D eigenvalue weighted by atomic mass is 79.9. The Morgan fingerprint density at radius 1 is 1.12 bits per heavy atom. The molecule has 0 spiro atoms. The molecule has 4 nitrogen and oxygen atoms in total. The molecular weight excluding hydrogens is 382 g/mol. The molecule has 2 aromatic rings. The number of halogens is 3. The Hall–Kier alpha value is -2.28. The normalized spacial score (nSPS) is 17.2. The minimum atomic E-state index is -1.02. The first-order chi connectivity index (χ1) is 11.4. The van der Waals surface area contributed by atoms with Gasteiger partial charge in [-0.1, -0.05) is 15.9 Å². The van der Waals surface area contributed by atoms with Gasteiger partial charge in [-0.3, -0.25) is 9.59 Å². The molecule has 24 heavy (non-hydrogen) atoms. The zero-order valence-corrected chi connectivity index (χ0v) is 14.0. The van der Waals surface area contributed by atoms with Crippen LogP contribution in [0, 0.1) is 17.6 Å². The fourth-order valence-corrected chi connectivity index (χ4v) is 2.83. The summed E-state index contributed by atoms with van der Waals surface area (Å²) in [4.78, 5) is 25.7. The first-order valence-corrected chi connectivity index (χ1v) is 8.05. The SMILES string of the molecule is O=C(Nc1ccc(Br)cc1)C1CC(=O)N(c2ccc(F)c(F)c2)C1. The smallest absolute Gasteiger partial charge is 0.229 e. The van der Waals surface area contributed by atoms with E-state index in [2.05, 4.69) is 21.2 Å². The maximum atomic E-state index is 13.3. The third-order valence-corrected chi connectivity index (χ3v) is 4.35. The summed E-state index contributed by atoms with van der Waals surface area (Å²) in [7, 11) is 0. The van der Waals surface area contributed by atoms with Crippen molar-refractivity contribution < 1.29 is 18.4 Å². The molecule has 1 fully saturated rings. The minimum Gasteiger partial charge on any atom is -0.326 e. The van der Waals surface area contributed by atoms with Gasteiger partial charge in [0.05, 0.1) is 5.92 Å². The molecule has 0 aromatic heterocycles. The van der Waals surface area contributed by atoms with Crippen LogP contribution in [0.3, 0.4) is 0 Å². The van der Waals surface area contributed by atoms with E-state index in [0.29, 0.717) is 5.69 Å². The van der Waals surface area contributed by atoms with Crippen LogP contribution in [0.1, 0.15) is 6.42 Å². The summed E-state index contributed by atoms with van der Waals surface area (Å²) in [5, 5.41) is 2.75. The lowest BCUT2D eigenvalue weighted by Crippen LogP contribution is -2.28. The largest absolute Gasteiger partial charge is 0.326 e. The molecular formula is C17H13BrF2N2O2. The van der Waals surface area contributed by atoms with Crippen LogP contribution >= 0.6 is 15.9 Å². The second-order valence-electron chi connectivity index (χ2n) is 5.50. The van der Waals surface area contributed by atoms with Crippen LogP contribution in [-0.4, -0.2) is 18.4 Å². The second-order valence-corrected chi connectivity index (χ2v) is 6.42. The summed E-state index contributed by atoms with van der Waals surface area (Å²) >= 11 is 3.31. The molecule has 1 aliphatic heterocycles. The Balaban J connectivity index is 1.70. The highest BCUT2D eigenvalue weighted by molar-refractivity contribution is 9.10. The number of nitrogens with one attached hydrogen (secondary N) is 1. The van der Waals surface area contributed by atoms with E-state index < -0.39 is 17.6 Å². The molecule has 1 atom stereocenters. The van der Waals surface area contributed by atoms with E-state index in [4.69, 9.17) is 0 Å². The van der Waals surface area contributed by atoms with Crippen LogP contribution in [0.15, 0.2) is 46.9 Å². The average Bonchev–Trinajstić information content (AvgIpc) is 2.94. The first kappa shape index (κ1) is 16.6. The van der Waals surface area contributed by atoms with Crippen LogP contribution in [-0.2, 0) is 9.59 Å². The van der Waals surface area contributed by atoms with Crippen molar-refractivity contribution in [3.05, 3.63) is 58.6 Å². The van der Waals surface area contributed by atoms with Gasteiger partial charge in [-0.05, 0) is 36.4 Å². The van der Waals surface area contributed by atoms with Crippen molar-refractivity contribution in [2.45, 2.75) is 6.42 Å². The molecule has 1 saturated heterocycles. The Bertz CT molecular complexity index is 796. The lowest BCUT2D eigenvalue weighted by molar-refractivity contribution is -0.122. The zero-order chi connectivity index (χ0) is 17.3. The third-order valence-electron chi connectivity index (χ3n) is 3.82. The van der Waals surface area contributed by atoms with E-state index in [-0.39, 0.29) is 30.5 Å². The van der Waals surface area contributed by atoms with Crippen molar-refractivity contribution in [1.82, 2.24) is 0 Å². The van der Waals surface area contributed by atoms with Gasteiger partial charge in [0, 0.05) is 34.9 Å². The molecule has 124 valence electrons. The number of anilines is 2. The Morgan fingerprint density at radius 2 is 1.83 bits per heavy atom. The van der Waals surface area contributed by atoms with E-state index in [9.17, 15) is 18.4 Å². The Kier molecular flexibility index (Phi) is 4.62. The predicted octanol–water partition coefficient (Wildman–Crippen LogP) is 3.72. The van der Waals surface area contributed by atoms with Crippen LogP contribution in [0.4, 0.5) is 20.2 Å². The molecule has 1 unspecified atom stereocenters. The lowest BCUT2D eigenvalue weighted by atomic mass is 10.1. The molecule has 0 saturated carbocycles. The van der Waals surface area contributed by atoms with Crippen LogP contribution < -0.4 is 10.2 Å². The van der Waals surface area contributed by atoms with Crippen molar-refractivity contribution in [1.29, 1.82) is 0 Å². The van der Waals surface area contributed by atoms with E-state index in [1.807, 2.05) is 0 Å². The van der Waals surface area contributed by atoms with Gasteiger partial charge in [0.25, 0.3) is 0 Å². The van der Waals surface area contributed by atoms with E-state index in [1.54, 1.807) is 24.3 Å². The monoisotopic (exact) mass is 394 g/mol. The van der Waals surface area contributed by atoms with Gasteiger partial charge in [-0.15, -0.1) is 0 Å². The Labute approximate surface area is 145 Å². The number of benzene rings is 2. The van der Waals surface area contributed by atoms with Gasteiger partial charge in [-0.2, -0.15) is 0 Å². The number of hydrogen-bond donors (Lipinski definition) is 1. The molecule has 0 radical (unpaired) electrons. The fraction of sp³-hybridized carbons (Fsp3) is 0.176. The molecule has 2 amide bonds. The lowest BCUT2D eigenvalue weighted by Gasteiger charge is -2.17. The summed E-state index contributed by atoms with van der Waals surface area (Å²) in [6.07, 6.45) is 0.0291. The fourth-order valence-electron chi connectivity index (χ4n) is 2.56. The van der Waals surface area contributed by atoms with Gasteiger partial charge in [0.1, 0.15) is 0 Å². The topological polar surface area (TPSA) is 49.4 Å². The van der Waals surface area contributed by atoms with Gasteiger partial charge in [0.2, 0.25) is 11.8 Å². The third kappa shape index (κ3) is 3.46. The quantitative estimate of drug-likeness (QED) is 0.862.